The molecule has 3 nitrogen and oxygen atoms in total. The lowest BCUT2D eigenvalue weighted by Crippen LogP contribution is -2.43. The van der Waals surface area contributed by atoms with Crippen LogP contribution in [0.25, 0.3) is 11.3 Å². The Kier molecular flexibility index (Phi) is 2.69. The minimum Gasteiger partial charge on any atom is -0.346 e. The number of nitrogens with one attached hydrogen (secondary N) is 2. The van der Waals surface area contributed by atoms with E-state index in [1.807, 2.05) is 6.07 Å². The normalized spacial score (nSPS) is 15.8. The van der Waals surface area contributed by atoms with Gasteiger partial charge in [0.15, 0.2) is 0 Å². The molecule has 0 aliphatic carbocycles. The molecular formula is C14H17N3. The van der Waals surface area contributed by atoms with E-state index >= 15 is 0 Å². The number of imidazole rings is 1. The Hall–Kier alpha value is -1.61. The van der Waals surface area contributed by atoms with Gasteiger partial charge < -0.3 is 10.3 Å². The molecule has 88 valence electrons. The van der Waals surface area contributed by atoms with Gasteiger partial charge in [0.1, 0.15) is 5.82 Å². The van der Waals surface area contributed by atoms with Crippen LogP contribution in [-0.2, 0) is 6.42 Å². The summed E-state index contributed by atoms with van der Waals surface area (Å²) in [6, 6.07) is 10.4. The molecule has 0 radical (unpaired) electrons. The maximum Gasteiger partial charge on any atom is 0.107 e. The molecule has 0 atom stereocenters. The minimum atomic E-state index is 0.754. The van der Waals surface area contributed by atoms with Gasteiger partial charge in [-0.25, -0.2) is 4.98 Å². The topological polar surface area (TPSA) is 40.7 Å². The summed E-state index contributed by atoms with van der Waals surface area (Å²) in [6.07, 6.45) is 1.06. The second-order valence-corrected chi connectivity index (χ2v) is 4.75. The van der Waals surface area contributed by atoms with Crippen LogP contribution in [0.3, 0.4) is 0 Å². The second kappa shape index (κ2) is 4.34. The van der Waals surface area contributed by atoms with E-state index in [2.05, 4.69) is 41.5 Å². The van der Waals surface area contributed by atoms with Gasteiger partial charge in [-0.15, -0.1) is 0 Å². The van der Waals surface area contributed by atoms with Crippen molar-refractivity contribution in [2.75, 3.05) is 13.1 Å². The number of nitrogens with zero attached hydrogens (tertiary/aromatic N) is 1. The summed E-state index contributed by atoms with van der Waals surface area (Å²) >= 11 is 0. The Morgan fingerprint density at radius 3 is 2.65 bits per heavy atom. The van der Waals surface area contributed by atoms with Gasteiger partial charge in [0, 0.05) is 17.7 Å². The van der Waals surface area contributed by atoms with Crippen molar-refractivity contribution in [2.24, 2.45) is 5.92 Å². The summed E-state index contributed by atoms with van der Waals surface area (Å²) in [7, 11) is 0. The van der Waals surface area contributed by atoms with Gasteiger partial charge in [-0.05, 0) is 25.9 Å². The highest BCUT2D eigenvalue weighted by Gasteiger charge is 2.19. The fourth-order valence-corrected chi connectivity index (χ4v) is 2.26. The number of aromatic nitrogens is 2. The van der Waals surface area contributed by atoms with Crippen molar-refractivity contribution in [3.05, 3.63) is 41.9 Å². The van der Waals surface area contributed by atoms with Gasteiger partial charge in [0.25, 0.3) is 0 Å². The molecule has 2 aromatic rings. The smallest absolute Gasteiger partial charge is 0.107 e. The average molecular weight is 227 g/mol. The standard InChI is InChI=1S/C14H17N3/c1-10-14(12-5-3-2-4-6-12)17-13(16-10)7-11-8-15-9-11/h2-6,11,15H,7-9H2,1H3,(H,16,17). The van der Waals surface area contributed by atoms with Crippen LogP contribution in [0.15, 0.2) is 30.3 Å². The number of hydrogen-bond acceptors (Lipinski definition) is 2. The quantitative estimate of drug-likeness (QED) is 0.843. The molecule has 1 aliphatic rings. The Bertz CT molecular complexity index is 497. The number of benzene rings is 1. The van der Waals surface area contributed by atoms with Crippen LogP contribution in [-0.4, -0.2) is 23.1 Å². The third-order valence-corrected chi connectivity index (χ3v) is 3.33. The van der Waals surface area contributed by atoms with E-state index in [1.165, 1.54) is 11.3 Å². The van der Waals surface area contributed by atoms with Crippen molar-refractivity contribution < 1.29 is 0 Å². The summed E-state index contributed by atoms with van der Waals surface area (Å²) in [4.78, 5) is 8.12. The van der Waals surface area contributed by atoms with Gasteiger partial charge in [-0.3, -0.25) is 0 Å². The number of H-pyrrole nitrogens is 1. The molecule has 3 rings (SSSR count). The fraction of sp³-hybridized carbons (Fsp3) is 0.357. The Morgan fingerprint density at radius 2 is 2.00 bits per heavy atom. The Morgan fingerprint density at radius 1 is 1.24 bits per heavy atom. The first-order valence-electron chi connectivity index (χ1n) is 6.14. The van der Waals surface area contributed by atoms with Crippen LogP contribution in [0, 0.1) is 12.8 Å². The number of hydrogen-bond donors (Lipinski definition) is 2. The van der Waals surface area contributed by atoms with E-state index in [4.69, 9.17) is 4.98 Å². The van der Waals surface area contributed by atoms with Crippen molar-refractivity contribution in [2.45, 2.75) is 13.3 Å². The van der Waals surface area contributed by atoms with Crippen molar-refractivity contribution in [3.8, 4) is 11.3 Å². The molecule has 1 aliphatic heterocycles. The van der Waals surface area contributed by atoms with Gasteiger partial charge in [0.2, 0.25) is 0 Å². The van der Waals surface area contributed by atoms with Crippen molar-refractivity contribution in [1.29, 1.82) is 0 Å². The van der Waals surface area contributed by atoms with E-state index in [-0.39, 0.29) is 0 Å². The lowest BCUT2D eigenvalue weighted by atomic mass is 9.99. The molecule has 0 bridgehead atoms. The van der Waals surface area contributed by atoms with Crippen molar-refractivity contribution in [3.63, 3.8) is 0 Å². The van der Waals surface area contributed by atoms with Crippen LogP contribution in [0.1, 0.15) is 11.5 Å². The molecule has 3 heteroatoms. The van der Waals surface area contributed by atoms with Gasteiger partial charge in [-0.2, -0.15) is 0 Å². The maximum absolute atomic E-state index is 4.72. The second-order valence-electron chi connectivity index (χ2n) is 4.75. The molecule has 1 fully saturated rings. The summed E-state index contributed by atoms with van der Waals surface area (Å²) in [5.74, 6) is 1.87. The zero-order chi connectivity index (χ0) is 11.7. The molecule has 1 saturated heterocycles. The largest absolute Gasteiger partial charge is 0.346 e. The molecule has 1 aromatic heterocycles. The predicted molar refractivity (Wildman–Crippen MR) is 68.8 cm³/mol. The van der Waals surface area contributed by atoms with E-state index in [0.717, 1.165) is 36.9 Å². The highest BCUT2D eigenvalue weighted by atomic mass is 15.0. The highest BCUT2D eigenvalue weighted by Crippen LogP contribution is 2.22. The van der Waals surface area contributed by atoms with Crippen molar-refractivity contribution in [1.82, 2.24) is 15.3 Å². The molecule has 0 saturated carbocycles. The third kappa shape index (κ3) is 2.11. The zero-order valence-electron chi connectivity index (χ0n) is 10.0. The fourth-order valence-electron chi connectivity index (χ4n) is 2.26. The first-order chi connectivity index (χ1) is 8.33. The van der Waals surface area contributed by atoms with Gasteiger partial charge in [-0.1, -0.05) is 30.3 Å². The van der Waals surface area contributed by atoms with Crippen LogP contribution in [0.4, 0.5) is 0 Å². The first-order valence-corrected chi connectivity index (χ1v) is 6.14. The zero-order valence-corrected chi connectivity index (χ0v) is 10.0. The van der Waals surface area contributed by atoms with Crippen LogP contribution < -0.4 is 5.32 Å². The molecule has 2 heterocycles. The van der Waals surface area contributed by atoms with Crippen LogP contribution >= 0.6 is 0 Å². The molecule has 2 N–H and O–H groups in total. The molecule has 0 unspecified atom stereocenters. The lowest BCUT2D eigenvalue weighted by Gasteiger charge is -2.25. The number of aromatic amines is 1. The van der Waals surface area contributed by atoms with Crippen LogP contribution in [0.5, 0.6) is 0 Å². The average Bonchev–Trinajstić information content (AvgIpc) is 2.66. The first kappa shape index (κ1) is 10.5. The summed E-state index contributed by atoms with van der Waals surface area (Å²) in [5.41, 5.74) is 3.45. The summed E-state index contributed by atoms with van der Waals surface area (Å²) < 4.78 is 0. The molecule has 1 aromatic carbocycles. The predicted octanol–water partition coefficient (Wildman–Crippen LogP) is 2.15. The SMILES string of the molecule is Cc1[nH]c(CC2CNC2)nc1-c1ccccc1. The highest BCUT2D eigenvalue weighted by molar-refractivity contribution is 5.61. The van der Waals surface area contributed by atoms with Crippen molar-refractivity contribution >= 4 is 0 Å². The monoisotopic (exact) mass is 227 g/mol. The van der Waals surface area contributed by atoms with Crippen LogP contribution in [0.2, 0.25) is 0 Å². The van der Waals surface area contributed by atoms with E-state index in [0.29, 0.717) is 0 Å². The summed E-state index contributed by atoms with van der Waals surface area (Å²) in [5, 5.41) is 3.29. The molecule has 0 amide bonds. The van der Waals surface area contributed by atoms with E-state index in [1.54, 1.807) is 0 Å². The number of aryl methyl sites for hydroxylation is 1. The molecule has 17 heavy (non-hydrogen) atoms. The lowest BCUT2D eigenvalue weighted by molar-refractivity contribution is 0.342. The third-order valence-electron chi connectivity index (χ3n) is 3.33. The van der Waals surface area contributed by atoms with E-state index < -0.39 is 0 Å². The Labute approximate surface area is 101 Å². The maximum atomic E-state index is 4.72. The molecule has 0 spiro atoms. The van der Waals surface area contributed by atoms with E-state index in [9.17, 15) is 0 Å². The number of rotatable bonds is 3. The molecular weight excluding hydrogens is 210 g/mol. The van der Waals surface area contributed by atoms with Gasteiger partial charge in [0.05, 0.1) is 5.69 Å². The minimum absolute atomic E-state index is 0.754. The Balaban J connectivity index is 1.85. The summed E-state index contributed by atoms with van der Waals surface area (Å²) in [6.45, 7) is 4.35. The van der Waals surface area contributed by atoms with Gasteiger partial charge >= 0.3 is 0 Å².